The van der Waals surface area contributed by atoms with Gasteiger partial charge < -0.3 is 4.74 Å². The van der Waals surface area contributed by atoms with Crippen molar-refractivity contribution in [3.05, 3.63) is 74.5 Å². The topological polar surface area (TPSA) is 26.3 Å². The molecule has 23 heavy (non-hydrogen) atoms. The van der Waals surface area contributed by atoms with Crippen molar-refractivity contribution in [2.24, 2.45) is 0 Å². The Kier molecular flexibility index (Phi) is 5.16. The van der Waals surface area contributed by atoms with Crippen LogP contribution < -0.4 is 0 Å². The zero-order chi connectivity index (χ0) is 16.2. The second kappa shape index (κ2) is 7.30. The molecule has 0 saturated heterocycles. The summed E-state index contributed by atoms with van der Waals surface area (Å²) in [5, 5.41) is 1.67. The minimum Gasteiger partial charge on any atom is -0.458 e. The first-order valence-electron chi connectivity index (χ1n) is 6.90. The summed E-state index contributed by atoms with van der Waals surface area (Å²) in [5.41, 5.74) is 0.925. The third-order valence-corrected chi connectivity index (χ3v) is 5.69. The van der Waals surface area contributed by atoms with Crippen LogP contribution in [0.4, 0.5) is 0 Å². The summed E-state index contributed by atoms with van der Waals surface area (Å²) in [6, 6.07) is 15.5. The van der Waals surface area contributed by atoms with Crippen LogP contribution in [0.25, 0.3) is 16.2 Å². The SMILES string of the molecule is O=C(/C=C/c1sc2ccccc2c1Cl)OCc1ccccc1Br. The molecular weight excluding hydrogens is 396 g/mol. The molecule has 0 N–H and O–H groups in total. The van der Waals surface area contributed by atoms with E-state index in [2.05, 4.69) is 15.9 Å². The highest BCUT2D eigenvalue weighted by Crippen LogP contribution is 2.35. The van der Waals surface area contributed by atoms with Gasteiger partial charge in [-0.05, 0) is 18.2 Å². The van der Waals surface area contributed by atoms with Gasteiger partial charge in [-0.3, -0.25) is 0 Å². The van der Waals surface area contributed by atoms with Crippen molar-refractivity contribution >= 4 is 61.0 Å². The van der Waals surface area contributed by atoms with Gasteiger partial charge in [0.15, 0.2) is 0 Å². The number of ether oxygens (including phenoxy) is 1. The first-order valence-corrected chi connectivity index (χ1v) is 8.89. The van der Waals surface area contributed by atoms with Crippen molar-refractivity contribution in [2.75, 3.05) is 0 Å². The first-order chi connectivity index (χ1) is 11.1. The second-order valence-corrected chi connectivity index (χ2v) is 7.12. The van der Waals surface area contributed by atoms with Crippen LogP contribution in [-0.2, 0) is 16.1 Å². The molecule has 0 amide bonds. The van der Waals surface area contributed by atoms with Crippen LogP contribution in [0.2, 0.25) is 5.02 Å². The fraction of sp³-hybridized carbons (Fsp3) is 0.0556. The second-order valence-electron chi connectivity index (χ2n) is 4.81. The highest BCUT2D eigenvalue weighted by molar-refractivity contribution is 9.10. The number of hydrogen-bond acceptors (Lipinski definition) is 3. The number of hydrogen-bond donors (Lipinski definition) is 0. The van der Waals surface area contributed by atoms with E-state index in [1.54, 1.807) is 17.4 Å². The van der Waals surface area contributed by atoms with Gasteiger partial charge in [0, 0.05) is 31.1 Å². The number of benzene rings is 2. The van der Waals surface area contributed by atoms with E-state index in [-0.39, 0.29) is 6.61 Å². The summed E-state index contributed by atoms with van der Waals surface area (Å²) in [6.07, 6.45) is 3.11. The third-order valence-electron chi connectivity index (χ3n) is 3.26. The lowest BCUT2D eigenvalue weighted by molar-refractivity contribution is -0.138. The van der Waals surface area contributed by atoms with Crippen molar-refractivity contribution < 1.29 is 9.53 Å². The summed E-state index contributed by atoms with van der Waals surface area (Å²) in [7, 11) is 0. The molecule has 0 aliphatic rings. The van der Waals surface area contributed by atoms with Crippen LogP contribution in [0.1, 0.15) is 10.4 Å². The van der Waals surface area contributed by atoms with E-state index in [0.717, 1.165) is 25.0 Å². The van der Waals surface area contributed by atoms with Crippen molar-refractivity contribution in [3.8, 4) is 0 Å². The maximum Gasteiger partial charge on any atom is 0.331 e. The average molecular weight is 408 g/mol. The highest BCUT2D eigenvalue weighted by atomic mass is 79.9. The predicted octanol–water partition coefficient (Wildman–Crippen LogP) is 6.07. The molecule has 3 aromatic rings. The predicted molar refractivity (Wildman–Crippen MR) is 99.8 cm³/mol. The Morgan fingerprint density at radius 1 is 1.17 bits per heavy atom. The van der Waals surface area contributed by atoms with Crippen molar-refractivity contribution in [3.63, 3.8) is 0 Å². The molecule has 2 nitrogen and oxygen atoms in total. The highest BCUT2D eigenvalue weighted by Gasteiger charge is 2.08. The van der Waals surface area contributed by atoms with Crippen LogP contribution in [0.3, 0.4) is 0 Å². The van der Waals surface area contributed by atoms with E-state index in [0.29, 0.717) is 5.02 Å². The number of carbonyl (C=O) groups is 1. The van der Waals surface area contributed by atoms with Gasteiger partial charge in [0.05, 0.1) is 5.02 Å². The molecule has 1 aromatic heterocycles. The minimum atomic E-state index is -0.394. The van der Waals surface area contributed by atoms with Crippen LogP contribution in [0.5, 0.6) is 0 Å². The van der Waals surface area contributed by atoms with Gasteiger partial charge in [-0.2, -0.15) is 0 Å². The Morgan fingerprint density at radius 2 is 1.91 bits per heavy atom. The number of fused-ring (bicyclic) bond motifs is 1. The molecule has 5 heteroatoms. The van der Waals surface area contributed by atoms with Gasteiger partial charge in [-0.1, -0.05) is 63.9 Å². The first kappa shape index (κ1) is 16.2. The number of esters is 1. The summed E-state index contributed by atoms with van der Waals surface area (Å²) in [4.78, 5) is 12.7. The fourth-order valence-electron chi connectivity index (χ4n) is 2.10. The number of thiophene rings is 1. The van der Waals surface area contributed by atoms with E-state index < -0.39 is 5.97 Å². The van der Waals surface area contributed by atoms with Gasteiger partial charge in [0.25, 0.3) is 0 Å². The molecule has 0 spiro atoms. The molecule has 0 fully saturated rings. The molecule has 0 atom stereocenters. The van der Waals surface area contributed by atoms with E-state index in [1.165, 1.54) is 6.08 Å². The van der Waals surface area contributed by atoms with Crippen molar-refractivity contribution in [2.45, 2.75) is 6.61 Å². The van der Waals surface area contributed by atoms with Crippen LogP contribution in [-0.4, -0.2) is 5.97 Å². The molecular formula is C18H12BrClO2S. The zero-order valence-electron chi connectivity index (χ0n) is 12.0. The molecule has 0 aliphatic carbocycles. The Morgan fingerprint density at radius 3 is 2.70 bits per heavy atom. The number of carbonyl (C=O) groups excluding carboxylic acids is 1. The number of rotatable bonds is 4. The lowest BCUT2D eigenvalue weighted by atomic mass is 10.2. The third kappa shape index (κ3) is 3.83. The quantitative estimate of drug-likeness (QED) is 0.387. The maximum atomic E-state index is 11.9. The summed E-state index contributed by atoms with van der Waals surface area (Å²) in [6.45, 7) is 0.227. The summed E-state index contributed by atoms with van der Waals surface area (Å²) in [5.74, 6) is -0.394. The van der Waals surface area contributed by atoms with Gasteiger partial charge >= 0.3 is 5.97 Å². The van der Waals surface area contributed by atoms with Crippen molar-refractivity contribution in [1.82, 2.24) is 0 Å². The molecule has 3 rings (SSSR count). The average Bonchev–Trinajstić information content (AvgIpc) is 2.89. The molecule has 0 unspecified atom stereocenters. The fourth-order valence-corrected chi connectivity index (χ4v) is 3.89. The van der Waals surface area contributed by atoms with Crippen LogP contribution in [0, 0.1) is 0 Å². The monoisotopic (exact) mass is 406 g/mol. The minimum absolute atomic E-state index is 0.227. The lowest BCUT2D eigenvalue weighted by Gasteiger charge is -2.04. The Hall–Kier alpha value is -1.62. The molecule has 0 bridgehead atoms. The van der Waals surface area contributed by atoms with Gasteiger partial charge in [-0.25, -0.2) is 4.79 Å². The summed E-state index contributed by atoms with van der Waals surface area (Å²) >= 11 is 11.3. The summed E-state index contributed by atoms with van der Waals surface area (Å²) < 4.78 is 7.27. The standard InChI is InChI=1S/C18H12BrClO2S/c19-14-7-3-1-5-12(14)11-22-17(21)10-9-16-18(20)13-6-2-4-8-15(13)23-16/h1-10H,11H2/b10-9+. The Balaban J connectivity index is 1.68. The molecule has 0 radical (unpaired) electrons. The van der Waals surface area contributed by atoms with Crippen LogP contribution >= 0.6 is 38.9 Å². The molecule has 116 valence electrons. The number of halogens is 2. The van der Waals surface area contributed by atoms with Gasteiger partial charge in [0.1, 0.15) is 6.61 Å². The van der Waals surface area contributed by atoms with Crippen molar-refractivity contribution in [1.29, 1.82) is 0 Å². The smallest absolute Gasteiger partial charge is 0.331 e. The maximum absolute atomic E-state index is 11.9. The van der Waals surface area contributed by atoms with E-state index in [1.807, 2.05) is 48.5 Å². The molecule has 0 aliphatic heterocycles. The Bertz CT molecular complexity index is 886. The molecule has 2 aromatic carbocycles. The van der Waals surface area contributed by atoms with E-state index >= 15 is 0 Å². The zero-order valence-corrected chi connectivity index (χ0v) is 15.1. The van der Waals surface area contributed by atoms with Gasteiger partial charge in [0.2, 0.25) is 0 Å². The Labute approximate surface area is 151 Å². The van der Waals surface area contributed by atoms with E-state index in [4.69, 9.17) is 16.3 Å². The normalized spacial score (nSPS) is 11.2. The lowest BCUT2D eigenvalue weighted by Crippen LogP contribution is -2.01. The largest absolute Gasteiger partial charge is 0.458 e. The van der Waals surface area contributed by atoms with Gasteiger partial charge in [-0.15, -0.1) is 11.3 Å². The van der Waals surface area contributed by atoms with E-state index in [9.17, 15) is 4.79 Å². The molecule has 0 saturated carbocycles. The molecule has 1 heterocycles. The van der Waals surface area contributed by atoms with Crippen LogP contribution in [0.15, 0.2) is 59.1 Å².